The predicted molar refractivity (Wildman–Crippen MR) is 99.4 cm³/mol. The van der Waals surface area contributed by atoms with E-state index >= 15 is 0 Å². The van der Waals surface area contributed by atoms with Crippen LogP contribution < -0.4 is 4.57 Å². The third-order valence-corrected chi connectivity index (χ3v) is 3.36. The zero-order valence-electron chi connectivity index (χ0n) is 19.5. The summed E-state index contributed by atoms with van der Waals surface area (Å²) in [5, 5.41) is 0. The minimum atomic E-state index is -1.70. The fourth-order valence-electron chi connectivity index (χ4n) is 2.56. The van der Waals surface area contributed by atoms with Gasteiger partial charge < -0.3 is 0 Å². The normalized spacial score (nSPS) is 16.3. The Labute approximate surface area is 148 Å². The van der Waals surface area contributed by atoms with Crippen LogP contribution in [0.2, 0.25) is 0 Å². The molecular weight excluding hydrogens is 278 g/mol. The van der Waals surface area contributed by atoms with Gasteiger partial charge in [-0.2, -0.15) is 0 Å². The summed E-state index contributed by atoms with van der Waals surface area (Å²) in [5.74, 6) is 0. The van der Waals surface area contributed by atoms with Crippen LogP contribution in [0.15, 0.2) is 42.6 Å². The largest absolute Gasteiger partial charge is 0.212 e. The number of rotatable bonds is 3. The Morgan fingerprint density at radius 2 is 1.39 bits per heavy atom. The first-order valence-electron chi connectivity index (χ1n) is 10.2. The van der Waals surface area contributed by atoms with Crippen LogP contribution in [0.4, 0.5) is 0 Å². The number of hydrogen-bond acceptors (Lipinski definition) is 0. The highest BCUT2D eigenvalue weighted by molar-refractivity contribution is 5.57. The van der Waals surface area contributed by atoms with Gasteiger partial charge in [-0.3, -0.25) is 0 Å². The molecule has 124 valence electrons. The molecule has 0 spiro atoms. The van der Waals surface area contributed by atoms with E-state index in [1.807, 2.05) is 89.6 Å². The van der Waals surface area contributed by atoms with E-state index in [4.69, 9.17) is 5.48 Å². The Hall–Kier alpha value is -1.63. The molecule has 0 aliphatic rings. The van der Waals surface area contributed by atoms with E-state index in [0.29, 0.717) is 11.1 Å². The number of benzene rings is 1. The minimum Gasteiger partial charge on any atom is -0.201 e. The predicted octanol–water partition coefficient (Wildman–Crippen LogP) is 5.36. The molecular formula is C22H32N+. The zero-order valence-corrected chi connectivity index (χ0v) is 15.5. The highest BCUT2D eigenvalue weighted by Gasteiger charge is 2.23. The van der Waals surface area contributed by atoms with Crippen molar-refractivity contribution in [1.82, 2.24) is 0 Å². The van der Waals surface area contributed by atoms with Crippen molar-refractivity contribution in [1.29, 1.82) is 0 Å². The van der Waals surface area contributed by atoms with Crippen molar-refractivity contribution in [3.05, 3.63) is 53.7 Å². The van der Waals surface area contributed by atoms with Crippen molar-refractivity contribution in [2.24, 2.45) is 17.9 Å². The molecule has 1 aromatic heterocycles. The molecule has 0 unspecified atom stereocenters. The molecule has 0 N–H and O–H groups in total. The maximum atomic E-state index is 8.86. The van der Waals surface area contributed by atoms with Gasteiger partial charge in [-0.15, -0.1) is 0 Å². The third kappa shape index (κ3) is 5.20. The maximum Gasteiger partial charge on any atom is 0.212 e. The van der Waals surface area contributed by atoms with Crippen LogP contribution in [0.3, 0.4) is 0 Å². The molecule has 0 amide bonds. The lowest BCUT2D eigenvalue weighted by Gasteiger charge is -2.24. The molecule has 2 rings (SSSR count). The molecule has 0 aliphatic heterocycles. The first-order chi connectivity index (χ1) is 12.1. The van der Waals surface area contributed by atoms with Crippen molar-refractivity contribution in [2.45, 2.75) is 54.3 Å². The summed E-state index contributed by atoms with van der Waals surface area (Å²) in [6.07, 6.45) is -1.61. The molecule has 0 fully saturated rings. The van der Waals surface area contributed by atoms with Gasteiger partial charge in [0.25, 0.3) is 0 Å². The Kier molecular flexibility index (Phi) is 3.59. The second kappa shape index (κ2) is 6.47. The molecule has 1 heteroatoms. The van der Waals surface area contributed by atoms with Crippen molar-refractivity contribution < 1.29 is 10.1 Å². The summed E-state index contributed by atoms with van der Waals surface area (Å²) in [7, 11) is 1.89. The number of nitrogens with zero attached hydrogens (tertiary/aromatic N) is 1. The molecule has 1 nitrogen and oxygen atoms in total. The Morgan fingerprint density at radius 1 is 0.870 bits per heavy atom. The van der Waals surface area contributed by atoms with Gasteiger partial charge in [-0.1, -0.05) is 59.7 Å². The van der Waals surface area contributed by atoms with E-state index in [1.54, 1.807) is 6.20 Å². The molecule has 0 radical (unpaired) electrons. The molecule has 0 atom stereocenters. The lowest BCUT2D eigenvalue weighted by molar-refractivity contribution is -0.660. The zero-order chi connectivity index (χ0) is 20.8. The van der Waals surface area contributed by atoms with Gasteiger partial charge >= 0.3 is 0 Å². The van der Waals surface area contributed by atoms with Gasteiger partial charge in [-0.25, -0.2) is 4.57 Å². The maximum absolute atomic E-state index is 8.86. The van der Waals surface area contributed by atoms with Crippen LogP contribution >= 0.6 is 0 Å². The van der Waals surface area contributed by atoms with Gasteiger partial charge in [0.1, 0.15) is 7.05 Å². The smallest absolute Gasteiger partial charge is 0.201 e. The highest BCUT2D eigenvalue weighted by atomic mass is 14.9. The van der Waals surface area contributed by atoms with E-state index in [-0.39, 0.29) is 0 Å². The van der Waals surface area contributed by atoms with E-state index < -0.39 is 23.6 Å². The Balaban J connectivity index is 2.88. The van der Waals surface area contributed by atoms with Crippen LogP contribution in [0.25, 0.3) is 11.3 Å². The summed E-state index contributed by atoms with van der Waals surface area (Å²) in [4.78, 5) is 0. The van der Waals surface area contributed by atoms with Crippen LogP contribution in [0, 0.1) is 10.8 Å². The Morgan fingerprint density at radius 3 is 1.91 bits per heavy atom. The molecule has 0 aliphatic carbocycles. The molecule has 1 heterocycles. The van der Waals surface area contributed by atoms with Crippen molar-refractivity contribution in [3.63, 3.8) is 0 Å². The van der Waals surface area contributed by atoms with E-state index in [9.17, 15) is 0 Å². The van der Waals surface area contributed by atoms with Gasteiger partial charge in [0.2, 0.25) is 5.69 Å². The van der Waals surface area contributed by atoms with Crippen LogP contribution in [0.1, 0.15) is 58.2 Å². The summed E-state index contributed by atoms with van der Waals surface area (Å²) in [5.41, 5.74) is 1.34. The SMILES string of the molecule is [2H]C([2H])(c1cc(-c2ccccc2)[n+](C)cc1C([2H])([2H])C(C)(C)C)C(C)(C)C. The van der Waals surface area contributed by atoms with Crippen LogP contribution in [-0.2, 0) is 19.8 Å². The van der Waals surface area contributed by atoms with Crippen LogP contribution in [0.5, 0.6) is 0 Å². The van der Waals surface area contributed by atoms with E-state index in [0.717, 1.165) is 11.3 Å². The second-order valence-corrected chi connectivity index (χ2v) is 8.21. The molecule has 0 saturated heterocycles. The van der Waals surface area contributed by atoms with Gasteiger partial charge in [0.15, 0.2) is 6.20 Å². The monoisotopic (exact) mass is 314 g/mol. The van der Waals surface area contributed by atoms with Crippen molar-refractivity contribution in [2.75, 3.05) is 0 Å². The summed E-state index contributed by atoms with van der Waals surface area (Å²) < 4.78 is 37.2. The standard InChI is InChI=1S/C22H32N/c1-21(2,3)14-18-13-20(17-11-9-8-10-12-17)23(7)16-19(18)15-22(4,5)6/h8-13,16H,14-15H2,1-7H3/q+1/i14D2,15D2. The first kappa shape index (κ1) is 12.8. The molecule has 23 heavy (non-hydrogen) atoms. The van der Waals surface area contributed by atoms with Gasteiger partial charge in [0.05, 0.1) is 0 Å². The average molecular weight is 315 g/mol. The number of aromatic nitrogens is 1. The lowest BCUT2D eigenvalue weighted by atomic mass is 9.81. The minimum absolute atomic E-state index is 0.414. The van der Waals surface area contributed by atoms with Gasteiger partial charge in [-0.05, 0) is 41.3 Å². The third-order valence-electron chi connectivity index (χ3n) is 3.36. The first-order valence-corrected chi connectivity index (χ1v) is 8.21. The summed E-state index contributed by atoms with van der Waals surface area (Å²) in [6, 6.07) is 11.7. The summed E-state index contributed by atoms with van der Waals surface area (Å²) >= 11 is 0. The quantitative estimate of drug-likeness (QED) is 0.672. The second-order valence-electron chi connectivity index (χ2n) is 8.21. The van der Waals surface area contributed by atoms with Crippen LogP contribution in [-0.4, -0.2) is 0 Å². The molecule has 0 bridgehead atoms. The number of hydrogen-bond donors (Lipinski definition) is 0. The average Bonchev–Trinajstić information content (AvgIpc) is 2.53. The summed E-state index contributed by atoms with van der Waals surface area (Å²) in [6.45, 7) is 11.1. The Bertz CT molecular complexity index is 813. The fraction of sp³-hybridized carbons (Fsp3) is 0.500. The van der Waals surface area contributed by atoms with E-state index in [2.05, 4.69) is 0 Å². The molecule has 1 aromatic carbocycles. The van der Waals surface area contributed by atoms with Gasteiger partial charge in [0, 0.05) is 22.7 Å². The van der Waals surface area contributed by atoms with Crippen molar-refractivity contribution >= 4 is 0 Å². The topological polar surface area (TPSA) is 3.88 Å². The number of pyridine rings is 1. The van der Waals surface area contributed by atoms with E-state index in [1.165, 1.54) is 0 Å². The highest BCUT2D eigenvalue weighted by Crippen LogP contribution is 2.29. The van der Waals surface area contributed by atoms with Crippen molar-refractivity contribution in [3.8, 4) is 11.3 Å². The fourth-order valence-corrected chi connectivity index (χ4v) is 2.56. The molecule has 2 aromatic rings. The lowest BCUT2D eigenvalue weighted by Crippen LogP contribution is -2.33. The molecule has 0 saturated carbocycles. The number of aryl methyl sites for hydroxylation is 1.